The van der Waals surface area contributed by atoms with E-state index in [1.54, 1.807) is 48.5 Å². The van der Waals surface area contributed by atoms with Crippen LogP contribution in [-0.2, 0) is 19.5 Å². The van der Waals surface area contributed by atoms with Crippen LogP contribution < -0.4 is 4.90 Å². The Kier molecular flexibility index (Phi) is 9.38. The summed E-state index contributed by atoms with van der Waals surface area (Å²) >= 11 is 10.2. The molecule has 10 heteroatoms. The molecule has 30 heavy (non-hydrogen) atoms. The second-order valence-electron chi connectivity index (χ2n) is 8.20. The van der Waals surface area contributed by atoms with Gasteiger partial charge >= 0.3 is 18.2 Å². The molecule has 2 amide bonds. The zero-order valence-corrected chi connectivity index (χ0v) is 22.8. The molecule has 168 valence electrons. The van der Waals surface area contributed by atoms with Crippen molar-refractivity contribution in [3.63, 3.8) is 0 Å². The summed E-state index contributed by atoms with van der Waals surface area (Å²) < 4.78 is 16.9. The summed E-state index contributed by atoms with van der Waals surface area (Å²) in [5.41, 5.74) is -1.12. The van der Waals surface area contributed by atoms with Gasteiger partial charge in [0.25, 0.3) is 0 Å². The van der Waals surface area contributed by atoms with Gasteiger partial charge in [-0.25, -0.2) is 14.4 Å². The van der Waals surface area contributed by atoms with Crippen LogP contribution in [0, 0.1) is 0 Å². The van der Waals surface area contributed by atoms with Crippen molar-refractivity contribution in [2.75, 3.05) is 11.5 Å². The average Bonchev–Trinajstić information content (AvgIpc) is 2.54. The van der Waals surface area contributed by atoms with Crippen LogP contribution in [-0.4, -0.2) is 36.0 Å². The molecule has 1 rings (SSSR count). The number of anilines is 1. The van der Waals surface area contributed by atoms with E-state index in [1.807, 2.05) is 0 Å². The SMILES string of the molecule is CCOC(=O)c1cc(Br)c(CBr)c(Br)c1N(C(=O)OC(C)(C)C)C(=O)OC(C)(C)C. The monoisotopic (exact) mass is 613 g/mol. The molecule has 0 spiro atoms. The maximum atomic E-state index is 13.1. The van der Waals surface area contributed by atoms with Crippen LogP contribution >= 0.6 is 47.8 Å². The zero-order chi connectivity index (χ0) is 23.4. The number of amides is 2. The fraction of sp³-hybridized carbons (Fsp3) is 0.550. The van der Waals surface area contributed by atoms with E-state index in [-0.39, 0.29) is 17.9 Å². The highest BCUT2D eigenvalue weighted by Crippen LogP contribution is 2.40. The number of alkyl halides is 1. The Morgan fingerprint density at radius 3 is 1.80 bits per heavy atom. The zero-order valence-electron chi connectivity index (χ0n) is 18.0. The second-order valence-corrected chi connectivity index (χ2v) is 10.4. The molecule has 0 atom stereocenters. The predicted octanol–water partition coefficient (Wildman–Crippen LogP) is 6.96. The molecule has 0 aliphatic carbocycles. The van der Waals surface area contributed by atoms with Gasteiger partial charge in [0.05, 0.1) is 17.9 Å². The van der Waals surface area contributed by atoms with Crippen LogP contribution in [0.3, 0.4) is 0 Å². The summed E-state index contributed by atoms with van der Waals surface area (Å²) in [7, 11) is 0. The summed E-state index contributed by atoms with van der Waals surface area (Å²) in [4.78, 5) is 39.5. The van der Waals surface area contributed by atoms with Gasteiger partial charge in [-0.15, -0.1) is 0 Å². The van der Waals surface area contributed by atoms with Gasteiger partial charge in [-0.3, -0.25) is 0 Å². The lowest BCUT2D eigenvalue weighted by Gasteiger charge is -2.30. The van der Waals surface area contributed by atoms with Crippen molar-refractivity contribution in [3.05, 3.63) is 26.1 Å². The Hall–Kier alpha value is -1.13. The quantitative estimate of drug-likeness (QED) is 0.207. The number of nitrogens with zero attached hydrogens (tertiary/aromatic N) is 1. The summed E-state index contributed by atoms with van der Waals surface area (Å²) in [5, 5.41) is 0.376. The molecule has 0 aromatic heterocycles. The third-order valence-electron chi connectivity index (χ3n) is 3.29. The minimum absolute atomic E-state index is 0.00276. The molecule has 1 aromatic rings. The van der Waals surface area contributed by atoms with Crippen molar-refractivity contribution >= 4 is 71.6 Å². The lowest BCUT2D eigenvalue weighted by Crippen LogP contribution is -2.44. The number of carbonyl (C=O) groups is 3. The Morgan fingerprint density at radius 1 is 0.967 bits per heavy atom. The topological polar surface area (TPSA) is 82.1 Å². The first kappa shape index (κ1) is 26.9. The molecule has 0 fully saturated rings. The van der Waals surface area contributed by atoms with Crippen LogP contribution in [0.25, 0.3) is 0 Å². The molecule has 1 aromatic carbocycles. The number of hydrogen-bond donors (Lipinski definition) is 0. The first-order chi connectivity index (χ1) is 13.6. The van der Waals surface area contributed by atoms with Gasteiger partial charge in [-0.1, -0.05) is 31.9 Å². The van der Waals surface area contributed by atoms with Crippen molar-refractivity contribution in [1.29, 1.82) is 0 Å². The molecule has 7 nitrogen and oxygen atoms in total. The fourth-order valence-electron chi connectivity index (χ4n) is 2.23. The first-order valence-electron chi connectivity index (χ1n) is 9.13. The van der Waals surface area contributed by atoms with Crippen LogP contribution in [0.5, 0.6) is 0 Å². The number of benzene rings is 1. The standard InChI is InChI=1S/C20H26Br3NO6/c1-8-28-16(25)11-9-13(22)12(10-21)14(23)15(11)24(17(26)29-19(2,3)4)18(27)30-20(5,6)7/h9H,8,10H2,1-7H3. The van der Waals surface area contributed by atoms with Gasteiger partial charge in [0, 0.05) is 14.3 Å². The predicted molar refractivity (Wildman–Crippen MR) is 125 cm³/mol. The number of carbonyl (C=O) groups excluding carboxylic acids is 3. The van der Waals surface area contributed by atoms with Gasteiger partial charge in [0.1, 0.15) is 11.2 Å². The number of hydrogen-bond acceptors (Lipinski definition) is 6. The minimum Gasteiger partial charge on any atom is -0.462 e. The number of esters is 1. The second kappa shape index (κ2) is 10.5. The summed E-state index contributed by atoms with van der Waals surface area (Å²) in [6.45, 7) is 11.8. The molecule has 0 bridgehead atoms. The smallest absolute Gasteiger partial charge is 0.424 e. The fourth-order valence-corrected chi connectivity index (χ4v) is 5.14. The van der Waals surface area contributed by atoms with E-state index in [2.05, 4.69) is 47.8 Å². The van der Waals surface area contributed by atoms with E-state index in [0.29, 0.717) is 24.7 Å². The van der Waals surface area contributed by atoms with Crippen molar-refractivity contribution in [2.45, 2.75) is 65.0 Å². The lowest BCUT2D eigenvalue weighted by molar-refractivity contribution is 0.0430. The Morgan fingerprint density at radius 2 is 1.43 bits per heavy atom. The van der Waals surface area contributed by atoms with Gasteiger partial charge in [0.15, 0.2) is 0 Å². The number of halogens is 3. The van der Waals surface area contributed by atoms with Gasteiger partial charge in [-0.05, 0) is 76.0 Å². The third kappa shape index (κ3) is 7.23. The lowest BCUT2D eigenvalue weighted by atomic mass is 10.1. The molecule has 0 aliphatic heterocycles. The molecule has 0 saturated heterocycles. The van der Waals surface area contributed by atoms with Crippen LogP contribution in [0.4, 0.5) is 15.3 Å². The Labute approximate surface area is 202 Å². The molecule has 0 radical (unpaired) electrons. The van der Waals surface area contributed by atoms with Gasteiger partial charge in [-0.2, -0.15) is 4.90 Å². The van der Waals surface area contributed by atoms with Crippen LogP contribution in [0.1, 0.15) is 64.4 Å². The molecular weight excluding hydrogens is 590 g/mol. The van der Waals surface area contributed by atoms with Crippen molar-refractivity contribution in [2.24, 2.45) is 0 Å². The van der Waals surface area contributed by atoms with Crippen molar-refractivity contribution in [1.82, 2.24) is 0 Å². The van der Waals surface area contributed by atoms with Crippen LogP contribution in [0.15, 0.2) is 15.0 Å². The number of imide groups is 1. The largest absolute Gasteiger partial charge is 0.462 e. The highest BCUT2D eigenvalue weighted by molar-refractivity contribution is 9.11. The van der Waals surface area contributed by atoms with Gasteiger partial charge in [0.2, 0.25) is 0 Å². The Balaban J connectivity index is 3.81. The van der Waals surface area contributed by atoms with E-state index in [9.17, 15) is 14.4 Å². The molecule has 0 saturated carbocycles. The van der Waals surface area contributed by atoms with E-state index in [0.717, 1.165) is 0 Å². The molecular formula is C20H26Br3NO6. The highest BCUT2D eigenvalue weighted by atomic mass is 79.9. The minimum atomic E-state index is -0.981. The normalized spacial score (nSPS) is 11.7. The third-order valence-corrected chi connectivity index (χ3v) is 5.41. The number of ether oxygens (including phenoxy) is 3. The molecule has 0 unspecified atom stereocenters. The average molecular weight is 616 g/mol. The van der Waals surface area contributed by atoms with E-state index >= 15 is 0 Å². The first-order valence-corrected chi connectivity index (χ1v) is 11.8. The van der Waals surface area contributed by atoms with E-state index in [4.69, 9.17) is 14.2 Å². The van der Waals surface area contributed by atoms with Crippen LogP contribution in [0.2, 0.25) is 0 Å². The summed E-state index contributed by atoms with van der Waals surface area (Å²) in [5.74, 6) is -0.702. The number of rotatable bonds is 4. The maximum absolute atomic E-state index is 13.1. The van der Waals surface area contributed by atoms with E-state index in [1.165, 1.54) is 6.07 Å². The highest BCUT2D eigenvalue weighted by Gasteiger charge is 2.37. The summed E-state index contributed by atoms with van der Waals surface area (Å²) in [6, 6.07) is 1.50. The molecule has 0 aliphatic rings. The molecule has 0 N–H and O–H groups in total. The molecule has 0 heterocycles. The van der Waals surface area contributed by atoms with Crippen molar-refractivity contribution in [3.8, 4) is 0 Å². The van der Waals surface area contributed by atoms with Gasteiger partial charge < -0.3 is 14.2 Å². The Bertz CT molecular complexity index is 799. The van der Waals surface area contributed by atoms with E-state index < -0.39 is 29.4 Å². The van der Waals surface area contributed by atoms with Crippen molar-refractivity contribution < 1.29 is 28.6 Å². The maximum Gasteiger partial charge on any atom is 0.424 e. The summed E-state index contributed by atoms with van der Waals surface area (Å²) in [6.07, 6.45) is -1.96.